The quantitative estimate of drug-likeness (QED) is 0.570. The van der Waals surface area contributed by atoms with Crippen molar-refractivity contribution in [2.75, 3.05) is 0 Å². The van der Waals surface area contributed by atoms with Crippen LogP contribution in [-0.4, -0.2) is 24.7 Å². The van der Waals surface area contributed by atoms with E-state index in [1.54, 1.807) is 15.9 Å². The van der Waals surface area contributed by atoms with Crippen molar-refractivity contribution in [3.05, 3.63) is 64.4 Å². The van der Waals surface area contributed by atoms with Gasteiger partial charge in [0.2, 0.25) is 5.88 Å². The molecule has 0 amide bonds. The lowest BCUT2D eigenvalue weighted by Crippen LogP contribution is -2.07. The second kappa shape index (κ2) is 7.17. The molecule has 0 aliphatic rings. The van der Waals surface area contributed by atoms with Gasteiger partial charge in [-0.25, -0.2) is 4.52 Å². The van der Waals surface area contributed by atoms with E-state index in [2.05, 4.69) is 28.1 Å². The molecule has 4 aromatic rings. The van der Waals surface area contributed by atoms with Crippen molar-refractivity contribution in [2.45, 2.75) is 26.2 Å². The molecule has 0 saturated heterocycles. The van der Waals surface area contributed by atoms with E-state index in [4.69, 9.17) is 0 Å². The summed E-state index contributed by atoms with van der Waals surface area (Å²) in [6.45, 7) is 2.09. The molecule has 0 aliphatic heterocycles. The maximum atomic E-state index is 10.4. The van der Waals surface area contributed by atoms with Crippen molar-refractivity contribution in [3.63, 3.8) is 0 Å². The van der Waals surface area contributed by atoms with Crippen molar-refractivity contribution in [1.82, 2.24) is 19.6 Å². The number of thiophene rings is 1. The summed E-state index contributed by atoms with van der Waals surface area (Å²) < 4.78 is 1.71. The van der Waals surface area contributed by atoms with Crippen LogP contribution in [0.4, 0.5) is 0 Å². The molecule has 134 valence electrons. The van der Waals surface area contributed by atoms with E-state index >= 15 is 0 Å². The highest BCUT2D eigenvalue weighted by molar-refractivity contribution is 7.13. The Labute approximate surface area is 160 Å². The van der Waals surface area contributed by atoms with Gasteiger partial charge in [0, 0.05) is 12.0 Å². The number of aromatic nitrogens is 4. The standard InChI is InChI=1S/C20H17N5OS/c1-2-3-17-16(19(26)24-20-22-12-23-25(17)20)10-13-4-6-14(7-5-13)18-15(11-21)8-9-27-18/h4-9,12H,2-3,10H2,1H3,(H,22,23,24,26). The highest BCUT2D eigenvalue weighted by atomic mass is 32.1. The zero-order chi connectivity index (χ0) is 18.8. The molecule has 0 radical (unpaired) electrons. The van der Waals surface area contributed by atoms with Crippen LogP contribution in [0.2, 0.25) is 0 Å². The Balaban J connectivity index is 1.69. The Morgan fingerprint density at radius 2 is 2.04 bits per heavy atom. The van der Waals surface area contributed by atoms with Gasteiger partial charge in [-0.1, -0.05) is 37.6 Å². The normalized spacial score (nSPS) is 11.0. The summed E-state index contributed by atoms with van der Waals surface area (Å²) in [5, 5.41) is 25.8. The predicted molar refractivity (Wildman–Crippen MR) is 104 cm³/mol. The molecular weight excluding hydrogens is 358 g/mol. The number of aromatic hydroxyl groups is 1. The van der Waals surface area contributed by atoms with Gasteiger partial charge in [-0.15, -0.1) is 11.3 Å². The number of aryl methyl sites for hydroxylation is 1. The molecule has 27 heavy (non-hydrogen) atoms. The average molecular weight is 375 g/mol. The van der Waals surface area contributed by atoms with Crippen molar-refractivity contribution < 1.29 is 5.11 Å². The third-order valence-electron chi connectivity index (χ3n) is 4.48. The van der Waals surface area contributed by atoms with Crippen LogP contribution in [0.5, 0.6) is 5.88 Å². The average Bonchev–Trinajstić information content (AvgIpc) is 3.34. The van der Waals surface area contributed by atoms with Crippen LogP contribution < -0.4 is 0 Å². The Morgan fingerprint density at radius 1 is 1.22 bits per heavy atom. The highest BCUT2D eigenvalue weighted by Crippen LogP contribution is 2.30. The number of benzene rings is 1. The first kappa shape index (κ1) is 17.2. The molecule has 6 nitrogen and oxygen atoms in total. The minimum absolute atomic E-state index is 0.00745. The van der Waals surface area contributed by atoms with Gasteiger partial charge in [0.1, 0.15) is 12.4 Å². The van der Waals surface area contributed by atoms with Crippen molar-refractivity contribution in [1.29, 1.82) is 5.26 Å². The second-order valence-electron chi connectivity index (χ2n) is 6.23. The summed E-state index contributed by atoms with van der Waals surface area (Å²) >= 11 is 1.56. The Kier molecular flexibility index (Phi) is 4.57. The SMILES string of the molecule is CCCc1c(Cc2ccc(-c3sccc3C#N)cc2)c(O)nc2ncnn12. The van der Waals surface area contributed by atoms with Crippen LogP contribution in [0.3, 0.4) is 0 Å². The van der Waals surface area contributed by atoms with Gasteiger partial charge in [0.25, 0.3) is 5.78 Å². The first-order chi connectivity index (χ1) is 13.2. The van der Waals surface area contributed by atoms with Gasteiger partial charge < -0.3 is 5.11 Å². The van der Waals surface area contributed by atoms with Crippen LogP contribution in [0.25, 0.3) is 16.2 Å². The number of hydrogen-bond donors (Lipinski definition) is 1. The molecule has 1 aromatic carbocycles. The molecule has 4 rings (SSSR count). The van der Waals surface area contributed by atoms with Crippen LogP contribution in [-0.2, 0) is 12.8 Å². The molecule has 0 atom stereocenters. The fourth-order valence-corrected chi connectivity index (χ4v) is 4.05. The number of rotatable bonds is 5. The second-order valence-corrected chi connectivity index (χ2v) is 7.15. The van der Waals surface area contributed by atoms with Gasteiger partial charge in [-0.2, -0.15) is 20.3 Å². The summed E-state index contributed by atoms with van der Waals surface area (Å²) in [4.78, 5) is 9.22. The van der Waals surface area contributed by atoms with E-state index < -0.39 is 0 Å². The topological polar surface area (TPSA) is 87.1 Å². The molecular formula is C20H17N5OS. The van der Waals surface area contributed by atoms with Crippen molar-refractivity contribution >= 4 is 17.1 Å². The number of nitrogens with zero attached hydrogens (tertiary/aromatic N) is 5. The lowest BCUT2D eigenvalue weighted by Gasteiger charge is -2.12. The fourth-order valence-electron chi connectivity index (χ4n) is 3.19. The molecule has 0 aliphatic carbocycles. The van der Waals surface area contributed by atoms with E-state index in [-0.39, 0.29) is 5.88 Å². The monoisotopic (exact) mass is 375 g/mol. The maximum Gasteiger partial charge on any atom is 0.255 e. The minimum atomic E-state index is 0.00745. The van der Waals surface area contributed by atoms with Crippen LogP contribution >= 0.6 is 11.3 Å². The van der Waals surface area contributed by atoms with Crippen LogP contribution in [0.15, 0.2) is 42.0 Å². The number of nitriles is 1. The van der Waals surface area contributed by atoms with E-state index in [1.807, 2.05) is 35.7 Å². The lowest BCUT2D eigenvalue weighted by molar-refractivity contribution is 0.444. The first-order valence-electron chi connectivity index (χ1n) is 8.68. The number of fused-ring (bicyclic) bond motifs is 1. The molecule has 0 spiro atoms. The fraction of sp³-hybridized carbons (Fsp3) is 0.200. The van der Waals surface area contributed by atoms with E-state index in [0.29, 0.717) is 17.8 Å². The summed E-state index contributed by atoms with van der Waals surface area (Å²) in [5.74, 6) is 0.421. The molecule has 3 aromatic heterocycles. The molecule has 7 heteroatoms. The van der Waals surface area contributed by atoms with Gasteiger partial charge >= 0.3 is 0 Å². The highest BCUT2D eigenvalue weighted by Gasteiger charge is 2.16. The lowest BCUT2D eigenvalue weighted by atomic mass is 10.0. The van der Waals surface area contributed by atoms with E-state index in [1.165, 1.54) is 6.33 Å². The summed E-state index contributed by atoms with van der Waals surface area (Å²) in [6, 6.07) is 12.1. The maximum absolute atomic E-state index is 10.4. The zero-order valence-corrected chi connectivity index (χ0v) is 15.6. The van der Waals surface area contributed by atoms with Gasteiger partial charge in [-0.05, 0) is 29.0 Å². The minimum Gasteiger partial charge on any atom is -0.493 e. The molecule has 0 unspecified atom stereocenters. The smallest absolute Gasteiger partial charge is 0.255 e. The Hall–Kier alpha value is -3.24. The summed E-state index contributed by atoms with van der Waals surface area (Å²) in [6.07, 6.45) is 3.72. The van der Waals surface area contributed by atoms with Gasteiger partial charge in [0.05, 0.1) is 16.1 Å². The molecule has 3 heterocycles. The third kappa shape index (κ3) is 3.15. The molecule has 1 N–H and O–H groups in total. The molecule has 0 fully saturated rings. The third-order valence-corrected chi connectivity index (χ3v) is 5.44. The molecule has 0 bridgehead atoms. The predicted octanol–water partition coefficient (Wildman–Crippen LogP) is 3.97. The zero-order valence-electron chi connectivity index (χ0n) is 14.8. The van der Waals surface area contributed by atoms with Crippen LogP contribution in [0, 0.1) is 11.3 Å². The summed E-state index contributed by atoms with van der Waals surface area (Å²) in [5.41, 5.74) is 4.48. The van der Waals surface area contributed by atoms with Gasteiger partial charge in [0.15, 0.2) is 0 Å². The first-order valence-corrected chi connectivity index (χ1v) is 9.56. The van der Waals surface area contributed by atoms with Gasteiger partial charge in [-0.3, -0.25) is 0 Å². The van der Waals surface area contributed by atoms with Crippen LogP contribution in [0.1, 0.15) is 35.7 Å². The van der Waals surface area contributed by atoms with Crippen molar-refractivity contribution in [3.8, 4) is 22.4 Å². The molecule has 0 saturated carbocycles. The van der Waals surface area contributed by atoms with Crippen molar-refractivity contribution in [2.24, 2.45) is 0 Å². The number of hydrogen-bond acceptors (Lipinski definition) is 6. The van der Waals surface area contributed by atoms with E-state index in [0.717, 1.165) is 40.1 Å². The Bertz CT molecular complexity index is 1140. The summed E-state index contributed by atoms with van der Waals surface area (Å²) in [7, 11) is 0. The largest absolute Gasteiger partial charge is 0.493 e. The van der Waals surface area contributed by atoms with E-state index in [9.17, 15) is 10.4 Å². The Morgan fingerprint density at radius 3 is 2.78 bits per heavy atom.